The predicted octanol–water partition coefficient (Wildman–Crippen LogP) is 1.29. The summed E-state index contributed by atoms with van der Waals surface area (Å²) in [7, 11) is 0. The molecule has 16 heavy (non-hydrogen) atoms. The summed E-state index contributed by atoms with van der Waals surface area (Å²) in [5.41, 5.74) is 8.51. The van der Waals surface area contributed by atoms with Crippen molar-refractivity contribution < 1.29 is 9.53 Å². The molecular formula is C13H17NO2. The normalized spacial score (nSPS) is 23.6. The summed E-state index contributed by atoms with van der Waals surface area (Å²) in [6.45, 7) is 2.24. The Labute approximate surface area is 95.6 Å². The molecule has 2 atom stereocenters. The Morgan fingerprint density at radius 1 is 1.38 bits per heavy atom. The van der Waals surface area contributed by atoms with Crippen LogP contribution in [0.2, 0.25) is 0 Å². The van der Waals surface area contributed by atoms with Gasteiger partial charge in [0.15, 0.2) is 0 Å². The van der Waals surface area contributed by atoms with Crippen molar-refractivity contribution >= 4 is 5.97 Å². The van der Waals surface area contributed by atoms with Gasteiger partial charge in [-0.3, -0.25) is 4.79 Å². The van der Waals surface area contributed by atoms with Crippen molar-refractivity contribution in [2.24, 2.45) is 11.7 Å². The van der Waals surface area contributed by atoms with Crippen LogP contribution in [-0.4, -0.2) is 18.6 Å². The average molecular weight is 219 g/mol. The second kappa shape index (κ2) is 4.66. The van der Waals surface area contributed by atoms with E-state index >= 15 is 0 Å². The van der Waals surface area contributed by atoms with Gasteiger partial charge < -0.3 is 10.5 Å². The summed E-state index contributed by atoms with van der Waals surface area (Å²) < 4.78 is 5.05. The molecule has 0 bridgehead atoms. The third kappa shape index (κ3) is 2.09. The largest absolute Gasteiger partial charge is 0.466 e. The molecule has 3 heteroatoms. The zero-order chi connectivity index (χ0) is 11.5. The summed E-state index contributed by atoms with van der Waals surface area (Å²) in [5.74, 6) is -0.348. The van der Waals surface area contributed by atoms with Crippen LogP contribution < -0.4 is 5.73 Å². The lowest BCUT2D eigenvalue weighted by molar-refractivity contribution is -0.148. The van der Waals surface area contributed by atoms with Crippen LogP contribution >= 0.6 is 0 Å². The lowest BCUT2D eigenvalue weighted by atomic mass is 9.80. The van der Waals surface area contributed by atoms with Gasteiger partial charge in [-0.05, 0) is 30.9 Å². The molecule has 0 radical (unpaired) electrons. The second-order valence-electron chi connectivity index (χ2n) is 4.20. The van der Waals surface area contributed by atoms with Crippen molar-refractivity contribution in [3.8, 4) is 0 Å². The zero-order valence-corrected chi connectivity index (χ0v) is 9.48. The Morgan fingerprint density at radius 3 is 2.62 bits per heavy atom. The topological polar surface area (TPSA) is 52.3 Å². The van der Waals surface area contributed by atoms with E-state index in [9.17, 15) is 4.79 Å². The fourth-order valence-electron chi connectivity index (χ4n) is 2.25. The number of carbonyl (C=O) groups is 1. The minimum Gasteiger partial charge on any atom is -0.466 e. The standard InChI is InChI=1S/C13H17NO2/c1-2-16-13(15)11-7-9-5-3-4-6-10(9)8-12(11)14/h3-6,11-12H,2,7-8,14H2,1H3/t11-,12-/m1/s1. The van der Waals surface area contributed by atoms with E-state index in [0.29, 0.717) is 13.0 Å². The smallest absolute Gasteiger partial charge is 0.310 e. The highest BCUT2D eigenvalue weighted by Crippen LogP contribution is 2.25. The van der Waals surface area contributed by atoms with Crippen LogP contribution in [0.15, 0.2) is 24.3 Å². The van der Waals surface area contributed by atoms with Gasteiger partial charge in [0.25, 0.3) is 0 Å². The minimum atomic E-state index is -0.185. The summed E-state index contributed by atoms with van der Waals surface area (Å²) in [5, 5.41) is 0. The molecule has 0 spiro atoms. The van der Waals surface area contributed by atoms with Gasteiger partial charge in [0.1, 0.15) is 0 Å². The highest BCUT2D eigenvalue weighted by molar-refractivity contribution is 5.74. The highest BCUT2D eigenvalue weighted by atomic mass is 16.5. The number of carbonyl (C=O) groups excluding carboxylic acids is 1. The van der Waals surface area contributed by atoms with E-state index in [-0.39, 0.29) is 17.9 Å². The molecule has 2 rings (SSSR count). The molecule has 1 aromatic rings. The summed E-state index contributed by atoms with van der Waals surface area (Å²) in [6.07, 6.45) is 1.47. The van der Waals surface area contributed by atoms with E-state index in [2.05, 4.69) is 12.1 Å². The first-order valence-corrected chi connectivity index (χ1v) is 5.71. The molecule has 1 aliphatic carbocycles. The summed E-state index contributed by atoms with van der Waals surface area (Å²) >= 11 is 0. The van der Waals surface area contributed by atoms with Crippen molar-refractivity contribution in [3.05, 3.63) is 35.4 Å². The number of nitrogens with two attached hydrogens (primary N) is 1. The number of esters is 1. The maximum Gasteiger partial charge on any atom is 0.310 e. The van der Waals surface area contributed by atoms with E-state index in [0.717, 1.165) is 6.42 Å². The molecule has 0 amide bonds. The Bertz CT molecular complexity index is 389. The van der Waals surface area contributed by atoms with Crippen molar-refractivity contribution in [3.63, 3.8) is 0 Å². The molecule has 2 N–H and O–H groups in total. The maximum absolute atomic E-state index is 11.7. The molecule has 86 valence electrons. The van der Waals surface area contributed by atoms with Crippen LogP contribution in [0, 0.1) is 5.92 Å². The lowest BCUT2D eigenvalue weighted by Gasteiger charge is -2.28. The Kier molecular flexibility index (Phi) is 3.25. The van der Waals surface area contributed by atoms with Crippen molar-refractivity contribution in [1.29, 1.82) is 0 Å². The number of fused-ring (bicyclic) bond motifs is 1. The average Bonchev–Trinajstić information content (AvgIpc) is 2.28. The molecule has 3 nitrogen and oxygen atoms in total. The third-order valence-corrected chi connectivity index (χ3v) is 3.12. The maximum atomic E-state index is 11.7. The van der Waals surface area contributed by atoms with E-state index in [4.69, 9.17) is 10.5 Å². The van der Waals surface area contributed by atoms with E-state index in [1.54, 1.807) is 0 Å². The first kappa shape index (κ1) is 11.1. The van der Waals surface area contributed by atoms with Crippen LogP contribution in [0.3, 0.4) is 0 Å². The van der Waals surface area contributed by atoms with Crippen LogP contribution in [0.1, 0.15) is 18.1 Å². The zero-order valence-electron chi connectivity index (χ0n) is 9.48. The van der Waals surface area contributed by atoms with E-state index in [1.165, 1.54) is 11.1 Å². The fourth-order valence-corrected chi connectivity index (χ4v) is 2.25. The van der Waals surface area contributed by atoms with E-state index in [1.807, 2.05) is 19.1 Å². The molecule has 0 saturated carbocycles. The number of hydrogen-bond donors (Lipinski definition) is 1. The quantitative estimate of drug-likeness (QED) is 0.763. The van der Waals surface area contributed by atoms with Gasteiger partial charge >= 0.3 is 5.97 Å². The number of ether oxygens (including phenoxy) is 1. The van der Waals surface area contributed by atoms with Gasteiger partial charge in [-0.15, -0.1) is 0 Å². The number of hydrogen-bond acceptors (Lipinski definition) is 3. The van der Waals surface area contributed by atoms with Crippen molar-refractivity contribution in [2.45, 2.75) is 25.8 Å². The van der Waals surface area contributed by atoms with Crippen LogP contribution in [0.5, 0.6) is 0 Å². The molecule has 1 aliphatic rings. The molecule has 0 fully saturated rings. The van der Waals surface area contributed by atoms with Crippen molar-refractivity contribution in [2.75, 3.05) is 6.61 Å². The Balaban J connectivity index is 2.18. The van der Waals surface area contributed by atoms with Gasteiger partial charge in [0.05, 0.1) is 12.5 Å². The van der Waals surface area contributed by atoms with Crippen LogP contribution in [0.25, 0.3) is 0 Å². The fraction of sp³-hybridized carbons (Fsp3) is 0.462. The first-order chi connectivity index (χ1) is 7.72. The Morgan fingerprint density at radius 2 is 2.00 bits per heavy atom. The van der Waals surface area contributed by atoms with Crippen LogP contribution in [0.4, 0.5) is 0 Å². The van der Waals surface area contributed by atoms with E-state index < -0.39 is 0 Å². The lowest BCUT2D eigenvalue weighted by Crippen LogP contribution is -2.42. The number of benzene rings is 1. The molecule has 0 unspecified atom stereocenters. The minimum absolute atomic E-state index is 0.117. The summed E-state index contributed by atoms with van der Waals surface area (Å²) in [6, 6.07) is 8.03. The van der Waals surface area contributed by atoms with Gasteiger partial charge in [0, 0.05) is 6.04 Å². The van der Waals surface area contributed by atoms with Crippen molar-refractivity contribution in [1.82, 2.24) is 0 Å². The first-order valence-electron chi connectivity index (χ1n) is 5.71. The van der Waals surface area contributed by atoms with Crippen LogP contribution in [-0.2, 0) is 22.4 Å². The van der Waals surface area contributed by atoms with Gasteiger partial charge in [-0.1, -0.05) is 24.3 Å². The molecule has 0 heterocycles. The molecule has 0 saturated heterocycles. The molecule has 0 aliphatic heterocycles. The van der Waals surface area contributed by atoms with Gasteiger partial charge in [-0.2, -0.15) is 0 Å². The van der Waals surface area contributed by atoms with Gasteiger partial charge in [-0.25, -0.2) is 0 Å². The molecular weight excluding hydrogens is 202 g/mol. The predicted molar refractivity (Wildman–Crippen MR) is 61.9 cm³/mol. The Hall–Kier alpha value is -1.35. The number of rotatable bonds is 2. The van der Waals surface area contributed by atoms with Gasteiger partial charge in [0.2, 0.25) is 0 Å². The second-order valence-corrected chi connectivity index (χ2v) is 4.20. The summed E-state index contributed by atoms with van der Waals surface area (Å²) in [4.78, 5) is 11.7. The highest BCUT2D eigenvalue weighted by Gasteiger charge is 2.31. The molecule has 0 aromatic heterocycles. The SMILES string of the molecule is CCOC(=O)[C@@H]1Cc2ccccc2C[C@H]1N. The monoisotopic (exact) mass is 219 g/mol. The molecule has 1 aromatic carbocycles. The third-order valence-electron chi connectivity index (χ3n) is 3.12.